The molecule has 16 nitrogen and oxygen atoms in total. The second-order valence-corrected chi connectivity index (χ2v) is 7.90. The summed E-state index contributed by atoms with van der Waals surface area (Å²) in [7, 11) is 0. The number of aliphatic carboxylic acids is 1. The van der Waals surface area contributed by atoms with E-state index >= 15 is 0 Å². The fourth-order valence-corrected chi connectivity index (χ4v) is 3.19. The molecule has 35 heavy (non-hydrogen) atoms. The average molecular weight is 507 g/mol. The summed E-state index contributed by atoms with van der Waals surface area (Å²) in [5.41, 5.74) is 10.4. The van der Waals surface area contributed by atoms with Gasteiger partial charge in [0.15, 0.2) is 6.29 Å². The van der Waals surface area contributed by atoms with Crippen LogP contribution < -0.4 is 27.4 Å². The highest BCUT2D eigenvalue weighted by molar-refractivity contribution is 5.92. The number of carbonyl (C=O) groups excluding carboxylic acids is 4. The van der Waals surface area contributed by atoms with Crippen molar-refractivity contribution in [1.29, 1.82) is 0 Å². The highest BCUT2D eigenvalue weighted by Crippen LogP contribution is 2.23. The maximum atomic E-state index is 12.6. The third-order valence-electron chi connectivity index (χ3n) is 5.18. The van der Waals surface area contributed by atoms with Crippen LogP contribution in [-0.4, -0.2) is 112 Å². The highest BCUT2D eigenvalue weighted by atomic mass is 16.6. The number of nitrogens with two attached hydrogens (primary N) is 2. The van der Waals surface area contributed by atoms with Crippen LogP contribution >= 0.6 is 0 Å². The van der Waals surface area contributed by atoms with Crippen molar-refractivity contribution in [2.24, 2.45) is 11.5 Å². The average Bonchev–Trinajstić information content (AvgIpc) is 2.79. The van der Waals surface area contributed by atoms with E-state index in [1.165, 1.54) is 13.8 Å². The molecule has 1 rings (SSSR count). The largest absolute Gasteiger partial charge is 0.481 e. The SMILES string of the molecule is C[C@H](NC(=O)[C@@H](C)O[C@H]1[C@H](O)[C@@H](CO)O[C@@H](O)[C@@H]1NC(=O)CN)C(=O)N[C@H](CCC(=O)O)C(N)=O. The Kier molecular flexibility index (Phi) is 11.9. The topological polar surface area (TPSA) is 273 Å². The normalized spacial score (nSPS) is 26.6. The first kappa shape index (κ1) is 30.1. The summed E-state index contributed by atoms with van der Waals surface area (Å²) in [6, 6.07) is -3.82. The Morgan fingerprint density at radius 1 is 1.09 bits per heavy atom. The summed E-state index contributed by atoms with van der Waals surface area (Å²) in [6.07, 6.45) is -7.96. The van der Waals surface area contributed by atoms with Crippen molar-refractivity contribution in [3.8, 4) is 0 Å². The van der Waals surface area contributed by atoms with Gasteiger partial charge in [0.2, 0.25) is 23.6 Å². The predicted molar refractivity (Wildman–Crippen MR) is 115 cm³/mol. The van der Waals surface area contributed by atoms with Crippen molar-refractivity contribution in [3.05, 3.63) is 0 Å². The molecule has 200 valence electrons. The lowest BCUT2D eigenvalue weighted by molar-refractivity contribution is -0.266. The molecule has 0 saturated carbocycles. The number of primary amides is 1. The van der Waals surface area contributed by atoms with Crippen molar-refractivity contribution in [3.63, 3.8) is 0 Å². The summed E-state index contributed by atoms with van der Waals surface area (Å²) >= 11 is 0. The molecule has 4 amide bonds. The molecule has 0 aromatic heterocycles. The number of carboxylic acid groups (broad SMARTS) is 1. The van der Waals surface area contributed by atoms with Crippen molar-refractivity contribution in [1.82, 2.24) is 16.0 Å². The lowest BCUT2D eigenvalue weighted by Crippen LogP contribution is -2.66. The molecular formula is C19H33N5O11. The lowest BCUT2D eigenvalue weighted by atomic mass is 9.96. The minimum absolute atomic E-state index is 0.248. The molecule has 1 saturated heterocycles. The minimum Gasteiger partial charge on any atom is -0.481 e. The van der Waals surface area contributed by atoms with Gasteiger partial charge in [0.05, 0.1) is 13.2 Å². The second kappa shape index (κ2) is 13.9. The van der Waals surface area contributed by atoms with Crippen LogP contribution in [0, 0.1) is 0 Å². The van der Waals surface area contributed by atoms with E-state index in [9.17, 15) is 39.3 Å². The molecule has 0 aromatic rings. The monoisotopic (exact) mass is 507 g/mol. The van der Waals surface area contributed by atoms with Crippen molar-refractivity contribution >= 4 is 29.6 Å². The molecule has 1 heterocycles. The van der Waals surface area contributed by atoms with E-state index < -0.39 is 98.0 Å². The molecule has 11 N–H and O–H groups in total. The van der Waals surface area contributed by atoms with Gasteiger partial charge >= 0.3 is 5.97 Å². The number of hydrogen-bond donors (Lipinski definition) is 9. The number of hydrogen-bond acceptors (Lipinski definition) is 11. The standard InChI is InChI=1S/C19H33N5O11/c1-7(17(31)23-9(16(21)30)3-4-12(27)28)22-18(32)8(2)34-15-13(24-11(26)5-20)19(33)35-10(6-25)14(15)29/h7-10,13-15,19,25,29,33H,3-6,20H2,1-2H3,(H2,21,30)(H,22,32)(H,23,31)(H,24,26)(H,27,28)/t7-,8+,9+,10+,13+,14+,15+,19+/m0/s1. The van der Waals surface area contributed by atoms with E-state index in [4.69, 9.17) is 26.0 Å². The van der Waals surface area contributed by atoms with E-state index in [0.717, 1.165) is 0 Å². The van der Waals surface area contributed by atoms with Crippen molar-refractivity contribution < 1.29 is 53.9 Å². The van der Waals surface area contributed by atoms with Crippen LogP contribution in [0.5, 0.6) is 0 Å². The number of rotatable bonds is 13. The minimum atomic E-state index is -1.70. The number of nitrogens with one attached hydrogen (secondary N) is 3. The third-order valence-corrected chi connectivity index (χ3v) is 5.18. The lowest BCUT2D eigenvalue weighted by Gasteiger charge is -2.43. The second-order valence-electron chi connectivity index (χ2n) is 7.90. The predicted octanol–water partition coefficient (Wildman–Crippen LogP) is -5.39. The fourth-order valence-electron chi connectivity index (χ4n) is 3.19. The first-order valence-corrected chi connectivity index (χ1v) is 10.7. The summed E-state index contributed by atoms with van der Waals surface area (Å²) in [6.45, 7) is 1.41. The first-order valence-electron chi connectivity index (χ1n) is 10.7. The number of amides is 4. The Morgan fingerprint density at radius 3 is 2.23 bits per heavy atom. The summed E-state index contributed by atoms with van der Waals surface area (Å²) in [5, 5.41) is 45.6. The number of carbonyl (C=O) groups is 5. The van der Waals surface area contributed by atoms with Crippen LogP contribution in [0.2, 0.25) is 0 Å². The fraction of sp³-hybridized carbons (Fsp3) is 0.737. The van der Waals surface area contributed by atoms with Crippen LogP contribution in [0.4, 0.5) is 0 Å². The molecule has 0 bridgehead atoms. The summed E-state index contributed by atoms with van der Waals surface area (Å²) in [5.74, 6) is -4.52. The van der Waals surface area contributed by atoms with Crippen molar-refractivity contribution in [2.45, 2.75) is 75.5 Å². The molecule has 1 fully saturated rings. The molecule has 0 aliphatic carbocycles. The zero-order valence-electron chi connectivity index (χ0n) is 19.2. The zero-order chi connectivity index (χ0) is 26.9. The van der Waals surface area contributed by atoms with Gasteiger partial charge in [-0.05, 0) is 20.3 Å². The van der Waals surface area contributed by atoms with Gasteiger partial charge < -0.3 is 57.3 Å². The molecule has 1 aliphatic heterocycles. The Labute approximate surface area is 200 Å². The van der Waals surface area contributed by atoms with Gasteiger partial charge in [-0.3, -0.25) is 24.0 Å². The summed E-state index contributed by atoms with van der Waals surface area (Å²) in [4.78, 5) is 58.8. The van der Waals surface area contributed by atoms with Gasteiger partial charge in [0.1, 0.15) is 42.5 Å². The van der Waals surface area contributed by atoms with E-state index in [1.807, 2.05) is 0 Å². The maximum Gasteiger partial charge on any atom is 0.303 e. The molecule has 0 spiro atoms. The Bertz CT molecular complexity index is 782. The van der Waals surface area contributed by atoms with Crippen LogP contribution in [-0.2, 0) is 33.4 Å². The highest BCUT2D eigenvalue weighted by Gasteiger charge is 2.47. The Hall–Kier alpha value is -2.89. The molecular weight excluding hydrogens is 474 g/mol. The number of ether oxygens (including phenoxy) is 2. The summed E-state index contributed by atoms with van der Waals surface area (Å²) < 4.78 is 10.6. The van der Waals surface area contributed by atoms with E-state index in [1.54, 1.807) is 0 Å². The number of aliphatic hydroxyl groups excluding tert-OH is 3. The molecule has 8 atom stereocenters. The molecule has 16 heteroatoms. The van der Waals surface area contributed by atoms with Gasteiger partial charge in [-0.2, -0.15) is 0 Å². The van der Waals surface area contributed by atoms with Crippen LogP contribution in [0.15, 0.2) is 0 Å². The molecule has 1 aliphatic rings. The molecule has 0 aromatic carbocycles. The molecule has 0 radical (unpaired) electrons. The quantitative estimate of drug-likeness (QED) is 0.113. The maximum absolute atomic E-state index is 12.6. The van der Waals surface area contributed by atoms with Gasteiger partial charge in [-0.25, -0.2) is 0 Å². The van der Waals surface area contributed by atoms with E-state index in [2.05, 4.69) is 16.0 Å². The smallest absolute Gasteiger partial charge is 0.303 e. The van der Waals surface area contributed by atoms with Crippen molar-refractivity contribution in [2.75, 3.05) is 13.2 Å². The van der Waals surface area contributed by atoms with Crippen LogP contribution in [0.3, 0.4) is 0 Å². The zero-order valence-corrected chi connectivity index (χ0v) is 19.2. The third kappa shape index (κ3) is 9.00. The number of aliphatic hydroxyl groups is 3. The first-order chi connectivity index (χ1) is 16.3. The van der Waals surface area contributed by atoms with Gasteiger partial charge in [0, 0.05) is 6.42 Å². The molecule has 0 unspecified atom stereocenters. The van der Waals surface area contributed by atoms with Gasteiger partial charge in [-0.15, -0.1) is 0 Å². The van der Waals surface area contributed by atoms with E-state index in [-0.39, 0.29) is 6.42 Å². The van der Waals surface area contributed by atoms with E-state index in [0.29, 0.717) is 0 Å². The van der Waals surface area contributed by atoms with Crippen LogP contribution in [0.1, 0.15) is 26.7 Å². The van der Waals surface area contributed by atoms with Gasteiger partial charge in [0.25, 0.3) is 0 Å². The van der Waals surface area contributed by atoms with Gasteiger partial charge in [-0.1, -0.05) is 0 Å². The Morgan fingerprint density at radius 2 is 1.71 bits per heavy atom. The Balaban J connectivity index is 2.83. The number of carboxylic acids is 1. The van der Waals surface area contributed by atoms with Crippen LogP contribution in [0.25, 0.3) is 0 Å².